The number of carbonyl (C=O) groups excluding carboxylic acids is 1. The smallest absolute Gasteiger partial charge is 0.264 e. The lowest BCUT2D eigenvalue weighted by atomic mass is 10.1. The number of benzene rings is 3. The fourth-order valence-electron chi connectivity index (χ4n) is 3.55. The first-order valence-electron chi connectivity index (χ1n) is 11.0. The van der Waals surface area contributed by atoms with E-state index in [4.69, 9.17) is 0 Å². The van der Waals surface area contributed by atoms with Crippen molar-refractivity contribution < 1.29 is 13.2 Å². The number of likely N-dealkylation sites (N-methyl/N-ethyl adjacent to an activating group) is 1. The van der Waals surface area contributed by atoms with Gasteiger partial charge in [-0.3, -0.25) is 9.10 Å². The first kappa shape index (κ1) is 24.3. The number of para-hydroxylation sites is 2. The molecule has 0 heterocycles. The average molecular weight is 466 g/mol. The van der Waals surface area contributed by atoms with Gasteiger partial charge >= 0.3 is 0 Å². The summed E-state index contributed by atoms with van der Waals surface area (Å²) in [7, 11) is -1.97. The molecule has 0 aliphatic carbocycles. The number of sulfonamides is 1. The van der Waals surface area contributed by atoms with Gasteiger partial charge in [0, 0.05) is 25.8 Å². The van der Waals surface area contributed by atoms with E-state index >= 15 is 0 Å². The zero-order valence-corrected chi connectivity index (χ0v) is 20.2. The summed E-state index contributed by atoms with van der Waals surface area (Å²) >= 11 is 0. The number of amides is 1. The van der Waals surface area contributed by atoms with E-state index in [1.165, 1.54) is 4.31 Å². The molecule has 33 heavy (non-hydrogen) atoms. The Morgan fingerprint density at radius 1 is 0.909 bits per heavy atom. The molecule has 0 spiro atoms. The lowest BCUT2D eigenvalue weighted by Gasteiger charge is -2.26. The summed E-state index contributed by atoms with van der Waals surface area (Å²) < 4.78 is 28.3. The molecule has 0 aromatic heterocycles. The molecule has 6 nitrogen and oxygen atoms in total. The molecule has 0 bridgehead atoms. The Morgan fingerprint density at radius 3 is 2.21 bits per heavy atom. The Balaban J connectivity index is 1.78. The van der Waals surface area contributed by atoms with Crippen LogP contribution in [0.4, 0.5) is 11.4 Å². The second-order valence-corrected chi connectivity index (χ2v) is 9.78. The van der Waals surface area contributed by atoms with Crippen molar-refractivity contribution in [3.8, 4) is 0 Å². The summed E-state index contributed by atoms with van der Waals surface area (Å²) in [6, 6.07) is 23.9. The van der Waals surface area contributed by atoms with E-state index in [9.17, 15) is 13.2 Å². The zero-order chi connectivity index (χ0) is 23.8. The largest absolute Gasteiger partial charge is 0.373 e. The molecule has 3 aromatic rings. The van der Waals surface area contributed by atoms with Crippen LogP contribution in [0.3, 0.4) is 0 Å². The Morgan fingerprint density at radius 2 is 1.55 bits per heavy atom. The van der Waals surface area contributed by atoms with Gasteiger partial charge in [0.05, 0.1) is 10.6 Å². The summed E-state index contributed by atoms with van der Waals surface area (Å²) in [4.78, 5) is 15.0. The Labute approximate surface area is 196 Å². The van der Waals surface area contributed by atoms with Gasteiger partial charge < -0.3 is 10.2 Å². The molecule has 3 rings (SSSR count). The van der Waals surface area contributed by atoms with Crippen LogP contribution in [0.25, 0.3) is 0 Å². The van der Waals surface area contributed by atoms with Crippen LogP contribution in [0, 0.1) is 6.92 Å². The fourth-order valence-corrected chi connectivity index (χ4v) is 5.01. The van der Waals surface area contributed by atoms with Gasteiger partial charge in [0.15, 0.2) is 0 Å². The number of hydrogen-bond donors (Lipinski definition) is 1. The van der Waals surface area contributed by atoms with Crippen LogP contribution in [0.5, 0.6) is 0 Å². The molecule has 0 aliphatic heterocycles. The molecule has 0 aliphatic rings. The molecular formula is C26H31N3O3S. The predicted molar refractivity (Wildman–Crippen MR) is 134 cm³/mol. The number of hydrogen-bond acceptors (Lipinski definition) is 4. The van der Waals surface area contributed by atoms with Crippen molar-refractivity contribution in [2.24, 2.45) is 0 Å². The van der Waals surface area contributed by atoms with Crippen LogP contribution in [0.1, 0.15) is 18.1 Å². The minimum atomic E-state index is -3.92. The molecule has 0 fully saturated rings. The van der Waals surface area contributed by atoms with E-state index in [0.717, 1.165) is 16.8 Å². The molecule has 0 radical (unpaired) electrons. The van der Waals surface area contributed by atoms with Crippen LogP contribution in [0.2, 0.25) is 0 Å². The topological polar surface area (TPSA) is 69.7 Å². The van der Waals surface area contributed by atoms with Crippen molar-refractivity contribution in [3.05, 3.63) is 90.0 Å². The third-order valence-electron chi connectivity index (χ3n) is 5.50. The fraction of sp³-hybridized carbons (Fsp3) is 0.269. The molecule has 0 unspecified atom stereocenters. The van der Waals surface area contributed by atoms with E-state index in [1.54, 1.807) is 36.4 Å². The molecule has 0 atom stereocenters. The maximum atomic E-state index is 13.6. The van der Waals surface area contributed by atoms with Gasteiger partial charge in [0.1, 0.15) is 6.54 Å². The van der Waals surface area contributed by atoms with Crippen LogP contribution in [-0.2, 0) is 21.2 Å². The van der Waals surface area contributed by atoms with Crippen molar-refractivity contribution in [1.29, 1.82) is 0 Å². The van der Waals surface area contributed by atoms with E-state index in [-0.39, 0.29) is 17.3 Å². The van der Waals surface area contributed by atoms with Crippen molar-refractivity contribution in [2.75, 3.05) is 35.9 Å². The van der Waals surface area contributed by atoms with E-state index < -0.39 is 10.0 Å². The third-order valence-corrected chi connectivity index (χ3v) is 7.28. The average Bonchev–Trinajstić information content (AvgIpc) is 2.83. The monoisotopic (exact) mass is 465 g/mol. The summed E-state index contributed by atoms with van der Waals surface area (Å²) in [5.41, 5.74) is 3.41. The molecule has 174 valence electrons. The van der Waals surface area contributed by atoms with Crippen LogP contribution < -0.4 is 14.5 Å². The Hall–Kier alpha value is -3.32. The van der Waals surface area contributed by atoms with Gasteiger partial charge in [-0.2, -0.15) is 0 Å². The Kier molecular flexibility index (Phi) is 8.11. The standard InChI is InChI=1S/C26H31N3O3S/c1-4-22-10-8-9-13-25(22)29(33(31,32)24-16-14-21(2)15-17-24)20-26(30)27-18-19-28(3)23-11-6-5-7-12-23/h5-17H,4,18-20H2,1-3H3,(H,27,30). The van der Waals surface area contributed by atoms with Gasteiger partial charge in [0.2, 0.25) is 5.91 Å². The molecule has 0 saturated carbocycles. The zero-order valence-electron chi connectivity index (χ0n) is 19.4. The van der Waals surface area contributed by atoms with Gasteiger partial charge in [-0.1, -0.05) is 61.0 Å². The van der Waals surface area contributed by atoms with E-state index in [0.29, 0.717) is 25.2 Å². The first-order chi connectivity index (χ1) is 15.8. The lowest BCUT2D eigenvalue weighted by molar-refractivity contribution is -0.119. The second kappa shape index (κ2) is 11.0. The number of nitrogens with one attached hydrogen (secondary N) is 1. The first-order valence-corrected chi connectivity index (χ1v) is 12.5. The third kappa shape index (κ3) is 6.14. The highest BCUT2D eigenvalue weighted by Gasteiger charge is 2.28. The highest BCUT2D eigenvalue weighted by molar-refractivity contribution is 7.92. The van der Waals surface area contributed by atoms with Gasteiger partial charge in [-0.05, 0) is 49.2 Å². The van der Waals surface area contributed by atoms with E-state index in [2.05, 4.69) is 5.32 Å². The minimum absolute atomic E-state index is 0.163. The molecule has 1 amide bonds. The number of carbonyl (C=O) groups is 1. The lowest BCUT2D eigenvalue weighted by Crippen LogP contribution is -2.43. The van der Waals surface area contributed by atoms with Crippen molar-refractivity contribution in [3.63, 3.8) is 0 Å². The normalized spacial score (nSPS) is 11.1. The molecule has 1 N–H and O–H groups in total. The summed E-state index contributed by atoms with van der Waals surface area (Å²) in [5, 5.41) is 2.87. The molecular weight excluding hydrogens is 434 g/mol. The van der Waals surface area contributed by atoms with Crippen molar-refractivity contribution >= 4 is 27.3 Å². The number of rotatable bonds is 10. The number of nitrogens with zero attached hydrogens (tertiary/aromatic N) is 2. The number of anilines is 2. The van der Waals surface area contributed by atoms with E-state index in [1.807, 2.05) is 68.3 Å². The maximum Gasteiger partial charge on any atom is 0.264 e. The van der Waals surface area contributed by atoms with Gasteiger partial charge in [0.25, 0.3) is 10.0 Å². The summed E-state index contributed by atoms with van der Waals surface area (Å²) in [6.07, 6.45) is 0.652. The molecule has 0 saturated heterocycles. The highest BCUT2D eigenvalue weighted by atomic mass is 32.2. The Bertz CT molecular complexity index is 1160. The van der Waals surface area contributed by atoms with Crippen LogP contribution in [0.15, 0.2) is 83.8 Å². The van der Waals surface area contributed by atoms with Crippen molar-refractivity contribution in [1.82, 2.24) is 5.32 Å². The van der Waals surface area contributed by atoms with Crippen molar-refractivity contribution in [2.45, 2.75) is 25.2 Å². The SMILES string of the molecule is CCc1ccccc1N(CC(=O)NCCN(C)c1ccccc1)S(=O)(=O)c1ccc(C)cc1. The molecule has 7 heteroatoms. The van der Waals surface area contributed by atoms with Crippen LogP contribution >= 0.6 is 0 Å². The maximum absolute atomic E-state index is 13.6. The number of aryl methyl sites for hydroxylation is 2. The summed E-state index contributed by atoms with van der Waals surface area (Å²) in [6.45, 7) is 4.59. The van der Waals surface area contributed by atoms with Gasteiger partial charge in [-0.25, -0.2) is 8.42 Å². The second-order valence-electron chi connectivity index (χ2n) is 7.91. The predicted octanol–water partition coefficient (Wildman–Crippen LogP) is 4.01. The molecule has 3 aromatic carbocycles. The summed E-state index contributed by atoms with van der Waals surface area (Å²) in [5.74, 6) is -0.349. The highest BCUT2D eigenvalue weighted by Crippen LogP contribution is 2.27. The quantitative estimate of drug-likeness (QED) is 0.491. The minimum Gasteiger partial charge on any atom is -0.373 e. The van der Waals surface area contributed by atoms with Crippen LogP contribution in [-0.4, -0.2) is 41.0 Å². The van der Waals surface area contributed by atoms with Gasteiger partial charge in [-0.15, -0.1) is 0 Å².